The van der Waals surface area contributed by atoms with E-state index in [1.807, 2.05) is 0 Å². The minimum Gasteiger partial charge on any atom is -0.387 e. The molecule has 168 valence electrons. The average Bonchev–Trinajstić information content (AvgIpc) is 3.10. The quantitative estimate of drug-likeness (QED) is 0.233. The van der Waals surface area contributed by atoms with E-state index in [9.17, 15) is 14.3 Å². The molecule has 4 fully saturated rings. The second-order valence-electron chi connectivity index (χ2n) is 10.8. The van der Waals surface area contributed by atoms with Crippen molar-refractivity contribution in [2.45, 2.75) is 77.2 Å². The van der Waals surface area contributed by atoms with E-state index < -0.39 is 12.3 Å². The zero-order chi connectivity index (χ0) is 21.5. The predicted octanol–water partition coefficient (Wildman–Crippen LogP) is 4.27. The molecular weight excluding hydrogens is 383 g/mol. The molecule has 0 amide bonds. The van der Waals surface area contributed by atoms with Crippen molar-refractivity contribution in [1.82, 2.24) is 0 Å². The summed E-state index contributed by atoms with van der Waals surface area (Å²) >= 11 is 0. The summed E-state index contributed by atoms with van der Waals surface area (Å²) in [5, 5.41) is 21.9. The van der Waals surface area contributed by atoms with Crippen molar-refractivity contribution in [3.8, 4) is 0 Å². The lowest BCUT2D eigenvalue weighted by Gasteiger charge is -2.56. The van der Waals surface area contributed by atoms with Crippen LogP contribution in [0.3, 0.4) is 0 Å². The molecule has 0 aliphatic heterocycles. The van der Waals surface area contributed by atoms with Gasteiger partial charge in [-0.05, 0) is 99.7 Å². The Kier molecular flexibility index (Phi) is 6.03. The standard InChI is InChI=1S/C23H37FN4O2/c1-14(27-25)28-26-12-21(29)20-6-5-19-18-4-3-15-11-23(30,13-24)10-8-16(15)17(18)7-9-22(19,20)2/h15-20,30H,3-13,25H2,1-2H3/t15-,16+,17-,18-,19+,20-,22+,23-/m1/s1. The van der Waals surface area contributed by atoms with Gasteiger partial charge in [-0.1, -0.05) is 6.92 Å². The first-order valence-corrected chi connectivity index (χ1v) is 11.7. The Morgan fingerprint density at radius 2 is 1.87 bits per heavy atom. The second kappa shape index (κ2) is 8.29. The van der Waals surface area contributed by atoms with Crippen LogP contribution in [0.1, 0.15) is 71.6 Å². The van der Waals surface area contributed by atoms with E-state index in [1.165, 1.54) is 6.42 Å². The number of halogens is 1. The third-order valence-corrected chi connectivity index (χ3v) is 9.37. The van der Waals surface area contributed by atoms with Gasteiger partial charge in [-0.25, -0.2) is 4.39 Å². The zero-order valence-electron chi connectivity index (χ0n) is 18.4. The van der Waals surface area contributed by atoms with Crippen LogP contribution in [0, 0.1) is 40.9 Å². The number of hydrogen-bond acceptors (Lipinski definition) is 5. The normalized spacial score (nSPS) is 46.3. The zero-order valence-corrected chi connectivity index (χ0v) is 18.4. The van der Waals surface area contributed by atoms with Gasteiger partial charge in [-0.15, -0.1) is 5.11 Å². The maximum absolute atomic E-state index is 13.3. The molecule has 0 radical (unpaired) electrons. The van der Waals surface area contributed by atoms with E-state index in [1.54, 1.807) is 6.92 Å². The van der Waals surface area contributed by atoms with Gasteiger partial charge >= 0.3 is 0 Å². The van der Waals surface area contributed by atoms with E-state index >= 15 is 0 Å². The van der Waals surface area contributed by atoms with Gasteiger partial charge in [0, 0.05) is 5.92 Å². The Morgan fingerprint density at radius 3 is 2.60 bits per heavy atom. The number of rotatable bonds is 4. The van der Waals surface area contributed by atoms with Crippen molar-refractivity contribution >= 4 is 11.6 Å². The lowest BCUT2D eigenvalue weighted by Crippen LogP contribution is -2.52. The molecule has 0 bridgehead atoms. The molecule has 8 atom stereocenters. The number of Topliss-reactive ketones (excluding diaryl/α,β-unsaturated/α-hetero) is 1. The highest BCUT2D eigenvalue weighted by Gasteiger charge is 2.58. The van der Waals surface area contributed by atoms with Crippen LogP contribution >= 0.6 is 0 Å². The molecule has 4 rings (SSSR count). The Balaban J connectivity index is 1.44. The third-order valence-electron chi connectivity index (χ3n) is 9.37. The summed E-state index contributed by atoms with van der Waals surface area (Å²) in [5.41, 5.74) is -1.02. The third kappa shape index (κ3) is 3.71. The summed E-state index contributed by atoms with van der Waals surface area (Å²) in [6.45, 7) is 3.50. The summed E-state index contributed by atoms with van der Waals surface area (Å²) in [6, 6.07) is 0. The molecule has 30 heavy (non-hydrogen) atoms. The van der Waals surface area contributed by atoms with Gasteiger partial charge in [-0.3, -0.25) is 4.79 Å². The van der Waals surface area contributed by atoms with Crippen molar-refractivity contribution in [1.29, 1.82) is 0 Å². The van der Waals surface area contributed by atoms with Crippen molar-refractivity contribution < 1.29 is 14.3 Å². The van der Waals surface area contributed by atoms with Crippen LogP contribution in [-0.4, -0.2) is 35.5 Å². The molecule has 0 heterocycles. The number of alkyl halides is 1. The van der Waals surface area contributed by atoms with Gasteiger partial charge in [0.15, 0.2) is 11.6 Å². The first-order chi connectivity index (χ1) is 14.3. The summed E-state index contributed by atoms with van der Waals surface area (Å²) in [4.78, 5) is 13.0. The van der Waals surface area contributed by atoms with Crippen LogP contribution in [0.5, 0.6) is 0 Å². The predicted molar refractivity (Wildman–Crippen MR) is 114 cm³/mol. The van der Waals surface area contributed by atoms with Crippen LogP contribution in [0.4, 0.5) is 4.39 Å². The van der Waals surface area contributed by atoms with Gasteiger partial charge in [-0.2, -0.15) is 10.2 Å². The minimum atomic E-state index is -1.08. The van der Waals surface area contributed by atoms with Crippen molar-refractivity contribution in [3.63, 3.8) is 0 Å². The van der Waals surface area contributed by atoms with E-state index in [-0.39, 0.29) is 23.7 Å². The van der Waals surface area contributed by atoms with E-state index in [0.29, 0.717) is 48.3 Å². The number of ketones is 1. The Labute approximate surface area is 179 Å². The van der Waals surface area contributed by atoms with Crippen molar-refractivity contribution in [2.24, 2.45) is 62.1 Å². The largest absolute Gasteiger partial charge is 0.387 e. The molecule has 6 nitrogen and oxygen atoms in total. The molecule has 7 heteroatoms. The topological polar surface area (TPSA) is 100 Å². The number of hydrazone groups is 1. The first-order valence-electron chi connectivity index (χ1n) is 11.7. The molecule has 4 saturated carbocycles. The molecule has 0 aromatic carbocycles. The Morgan fingerprint density at radius 1 is 1.10 bits per heavy atom. The smallest absolute Gasteiger partial charge is 0.166 e. The molecule has 4 aliphatic rings. The number of carbonyl (C=O) groups is 1. The van der Waals surface area contributed by atoms with Crippen molar-refractivity contribution in [2.75, 3.05) is 13.2 Å². The second-order valence-corrected chi connectivity index (χ2v) is 10.8. The molecule has 4 aliphatic carbocycles. The maximum Gasteiger partial charge on any atom is 0.166 e. The molecule has 3 N–H and O–H groups in total. The van der Waals surface area contributed by atoms with Gasteiger partial charge in [0.05, 0.1) is 5.60 Å². The summed E-state index contributed by atoms with van der Waals surface area (Å²) in [7, 11) is 0. The molecule has 0 spiro atoms. The Hall–Kier alpha value is -1.37. The van der Waals surface area contributed by atoms with Gasteiger partial charge in [0.2, 0.25) is 0 Å². The van der Waals surface area contributed by atoms with Gasteiger partial charge < -0.3 is 10.9 Å². The number of amidine groups is 1. The van der Waals surface area contributed by atoms with E-state index in [4.69, 9.17) is 5.84 Å². The molecular formula is C23H37FN4O2. The number of hydrogen-bond donors (Lipinski definition) is 2. The lowest BCUT2D eigenvalue weighted by molar-refractivity contribution is -0.132. The van der Waals surface area contributed by atoms with Crippen LogP contribution in [-0.2, 0) is 4.79 Å². The van der Waals surface area contributed by atoms with Crippen molar-refractivity contribution in [3.05, 3.63) is 0 Å². The number of azo groups is 1. The lowest BCUT2D eigenvalue weighted by atomic mass is 9.49. The number of fused-ring (bicyclic) bond motifs is 5. The molecule has 0 unspecified atom stereocenters. The van der Waals surface area contributed by atoms with E-state index in [2.05, 4.69) is 22.3 Å². The summed E-state index contributed by atoms with van der Waals surface area (Å²) in [6.07, 6.45) is 8.81. The average molecular weight is 421 g/mol. The maximum atomic E-state index is 13.3. The first kappa shape index (κ1) is 21.8. The fourth-order valence-corrected chi connectivity index (χ4v) is 7.96. The fourth-order valence-electron chi connectivity index (χ4n) is 7.96. The van der Waals surface area contributed by atoms with Gasteiger partial charge in [0.1, 0.15) is 13.2 Å². The summed E-state index contributed by atoms with van der Waals surface area (Å²) in [5.74, 6) is 8.86. The number of nitrogens with two attached hydrogens (primary N) is 1. The minimum absolute atomic E-state index is 0.0615. The van der Waals surface area contributed by atoms with E-state index in [0.717, 1.165) is 38.5 Å². The Bertz CT molecular complexity index is 728. The molecule has 0 aromatic rings. The number of nitrogens with zero attached hydrogens (tertiary/aromatic N) is 3. The fraction of sp³-hybridized carbons (Fsp3) is 0.913. The highest BCUT2D eigenvalue weighted by atomic mass is 19.1. The monoisotopic (exact) mass is 420 g/mol. The molecule has 0 aromatic heterocycles. The number of aliphatic hydroxyl groups is 1. The number of carbonyl (C=O) groups excluding carboxylic acids is 1. The van der Waals surface area contributed by atoms with Crippen LogP contribution in [0.15, 0.2) is 15.3 Å². The highest BCUT2D eigenvalue weighted by molar-refractivity contribution is 5.85. The van der Waals surface area contributed by atoms with Gasteiger partial charge in [0.25, 0.3) is 0 Å². The van der Waals surface area contributed by atoms with Crippen LogP contribution < -0.4 is 5.84 Å². The molecule has 0 saturated heterocycles. The summed E-state index contributed by atoms with van der Waals surface area (Å²) < 4.78 is 13.3. The highest BCUT2D eigenvalue weighted by Crippen LogP contribution is 2.64. The van der Waals surface area contributed by atoms with Crippen LogP contribution in [0.25, 0.3) is 0 Å². The van der Waals surface area contributed by atoms with Crippen LogP contribution in [0.2, 0.25) is 0 Å². The SMILES string of the molecule is CC(N=NCC(=O)[C@H]1CC[C@H]2[C@@H]3CC[C@@H]4C[C@@](O)(CF)CC[C@@H]4[C@H]3CC[C@]12C)=NN.